The topological polar surface area (TPSA) is 38.7 Å². The van der Waals surface area contributed by atoms with Crippen molar-refractivity contribution in [1.82, 2.24) is 0 Å². The fourth-order valence-electron chi connectivity index (χ4n) is 1.56. The highest BCUT2D eigenvalue weighted by molar-refractivity contribution is 5.24. The van der Waals surface area contributed by atoms with Crippen LogP contribution in [0.3, 0.4) is 0 Å². The summed E-state index contributed by atoms with van der Waals surface area (Å²) in [6.07, 6.45) is 7.50. The minimum absolute atomic E-state index is 0.0553. The molecule has 1 fully saturated rings. The van der Waals surface area contributed by atoms with E-state index in [9.17, 15) is 0 Å². The van der Waals surface area contributed by atoms with Gasteiger partial charge < -0.3 is 14.6 Å². The molecule has 1 N–H and O–H groups in total. The summed E-state index contributed by atoms with van der Waals surface area (Å²) < 4.78 is 11.0. The van der Waals surface area contributed by atoms with Crippen molar-refractivity contribution < 1.29 is 14.6 Å². The largest absolute Gasteiger partial charge is 0.394 e. The number of hydrogen-bond donors (Lipinski definition) is 1. The Hall–Kier alpha value is -0.640. The van der Waals surface area contributed by atoms with Crippen molar-refractivity contribution >= 4 is 0 Å². The maximum atomic E-state index is 8.94. The van der Waals surface area contributed by atoms with Gasteiger partial charge in [0.2, 0.25) is 0 Å². The van der Waals surface area contributed by atoms with Gasteiger partial charge >= 0.3 is 0 Å². The lowest BCUT2D eigenvalue weighted by Crippen LogP contribution is -2.35. The third-order valence-corrected chi connectivity index (χ3v) is 2.33. The molecule has 0 spiro atoms. The van der Waals surface area contributed by atoms with Crippen LogP contribution < -0.4 is 0 Å². The molecule has 2 rings (SSSR count). The lowest BCUT2D eigenvalue weighted by Gasteiger charge is -2.29. The third kappa shape index (κ3) is 1.99. The van der Waals surface area contributed by atoms with Gasteiger partial charge in [-0.3, -0.25) is 0 Å². The van der Waals surface area contributed by atoms with Gasteiger partial charge in [-0.2, -0.15) is 0 Å². The van der Waals surface area contributed by atoms with E-state index in [1.807, 2.05) is 12.2 Å². The molecule has 2 unspecified atom stereocenters. The molecule has 13 heavy (non-hydrogen) atoms. The van der Waals surface area contributed by atoms with Crippen LogP contribution in [0.2, 0.25) is 0 Å². The molecule has 0 radical (unpaired) electrons. The number of rotatable bonds is 2. The molecule has 0 aromatic carbocycles. The van der Waals surface area contributed by atoms with E-state index in [1.165, 1.54) is 0 Å². The summed E-state index contributed by atoms with van der Waals surface area (Å²) in [6.45, 7) is 0.758. The highest BCUT2D eigenvalue weighted by Crippen LogP contribution is 2.23. The van der Waals surface area contributed by atoms with Gasteiger partial charge in [-0.05, 0) is 18.4 Å². The monoisotopic (exact) mass is 182 g/mol. The van der Waals surface area contributed by atoms with Crippen LogP contribution in [0.1, 0.15) is 12.8 Å². The maximum Gasteiger partial charge on any atom is 0.180 e. The van der Waals surface area contributed by atoms with Crippen molar-refractivity contribution in [2.45, 2.75) is 25.2 Å². The minimum Gasteiger partial charge on any atom is -0.394 e. The normalized spacial score (nSPS) is 33.5. The molecule has 0 amide bonds. The van der Waals surface area contributed by atoms with Crippen LogP contribution in [0.25, 0.3) is 0 Å². The van der Waals surface area contributed by atoms with Gasteiger partial charge in [0.25, 0.3) is 0 Å². The van der Waals surface area contributed by atoms with Crippen LogP contribution >= 0.6 is 0 Å². The number of allylic oxidation sites excluding steroid dienone is 3. The van der Waals surface area contributed by atoms with Gasteiger partial charge in [-0.15, -0.1) is 0 Å². The van der Waals surface area contributed by atoms with E-state index in [-0.39, 0.29) is 19.0 Å². The van der Waals surface area contributed by atoms with E-state index in [0.29, 0.717) is 6.61 Å². The van der Waals surface area contributed by atoms with Crippen LogP contribution in [-0.4, -0.2) is 30.7 Å². The Kier molecular flexibility index (Phi) is 2.78. The van der Waals surface area contributed by atoms with Gasteiger partial charge in [-0.25, -0.2) is 0 Å². The van der Waals surface area contributed by atoms with Crippen LogP contribution in [-0.2, 0) is 9.47 Å². The Morgan fingerprint density at radius 1 is 1.54 bits per heavy atom. The fraction of sp³-hybridized carbons (Fsp3) is 0.600. The molecule has 3 heteroatoms. The second-order valence-electron chi connectivity index (χ2n) is 3.31. The molecule has 2 atom stereocenters. The Balaban J connectivity index is 1.92. The molecule has 72 valence electrons. The highest BCUT2D eigenvalue weighted by atomic mass is 16.7. The molecule has 3 nitrogen and oxygen atoms in total. The van der Waals surface area contributed by atoms with Gasteiger partial charge in [0.15, 0.2) is 6.29 Å². The zero-order valence-electron chi connectivity index (χ0n) is 7.48. The summed E-state index contributed by atoms with van der Waals surface area (Å²) in [5.41, 5.74) is 1.15. The van der Waals surface area contributed by atoms with Gasteiger partial charge in [-0.1, -0.05) is 18.2 Å². The number of aliphatic hydroxyl groups excluding tert-OH is 1. The van der Waals surface area contributed by atoms with Crippen LogP contribution in [0, 0.1) is 0 Å². The van der Waals surface area contributed by atoms with E-state index < -0.39 is 0 Å². The molecule has 0 aromatic rings. The Bertz CT molecular complexity index is 232. The first kappa shape index (κ1) is 8.94. The molecule has 0 saturated carbocycles. The standard InChI is InChI=1S/C10H14O3/c11-7-9-5-6-12-10(13-9)8-3-1-2-4-8/h1-3,9-11H,4-7H2. The van der Waals surface area contributed by atoms with Crippen LogP contribution in [0.4, 0.5) is 0 Å². The zero-order valence-corrected chi connectivity index (χ0v) is 7.48. The molecule has 2 aliphatic rings. The molecule has 0 aromatic heterocycles. The van der Waals surface area contributed by atoms with Crippen molar-refractivity contribution in [3.05, 3.63) is 23.8 Å². The van der Waals surface area contributed by atoms with Crippen LogP contribution in [0.15, 0.2) is 23.8 Å². The van der Waals surface area contributed by atoms with Gasteiger partial charge in [0.1, 0.15) is 0 Å². The van der Waals surface area contributed by atoms with E-state index in [0.717, 1.165) is 18.4 Å². The van der Waals surface area contributed by atoms with Crippen molar-refractivity contribution in [2.24, 2.45) is 0 Å². The molecule has 0 bridgehead atoms. The predicted molar refractivity (Wildman–Crippen MR) is 48.2 cm³/mol. The Labute approximate surface area is 77.7 Å². The number of aliphatic hydroxyl groups is 1. The molecule has 1 aliphatic heterocycles. The second kappa shape index (κ2) is 4.05. The molecule has 1 aliphatic carbocycles. The SMILES string of the molecule is OCC1CCOC(C2=CC=CC2)O1. The summed E-state index contributed by atoms with van der Waals surface area (Å²) in [6, 6.07) is 0. The average Bonchev–Trinajstić information content (AvgIpc) is 2.71. The smallest absolute Gasteiger partial charge is 0.180 e. The lowest BCUT2D eigenvalue weighted by molar-refractivity contribution is -0.200. The Morgan fingerprint density at radius 2 is 2.46 bits per heavy atom. The Morgan fingerprint density at radius 3 is 3.15 bits per heavy atom. The first-order valence-corrected chi connectivity index (χ1v) is 4.63. The van der Waals surface area contributed by atoms with Crippen molar-refractivity contribution in [3.63, 3.8) is 0 Å². The number of ether oxygens (including phenoxy) is 2. The van der Waals surface area contributed by atoms with Crippen molar-refractivity contribution in [1.29, 1.82) is 0 Å². The van der Waals surface area contributed by atoms with Crippen LogP contribution in [0.5, 0.6) is 0 Å². The second-order valence-corrected chi connectivity index (χ2v) is 3.31. The first-order chi connectivity index (χ1) is 6.40. The summed E-state index contributed by atoms with van der Waals surface area (Å²) in [5.74, 6) is 0. The third-order valence-electron chi connectivity index (χ3n) is 2.33. The zero-order chi connectivity index (χ0) is 9.10. The van der Waals surface area contributed by atoms with Crippen molar-refractivity contribution in [2.75, 3.05) is 13.2 Å². The lowest BCUT2D eigenvalue weighted by atomic mass is 10.2. The summed E-state index contributed by atoms with van der Waals surface area (Å²) in [7, 11) is 0. The summed E-state index contributed by atoms with van der Waals surface area (Å²) >= 11 is 0. The maximum absolute atomic E-state index is 8.94. The fourth-order valence-corrected chi connectivity index (χ4v) is 1.56. The van der Waals surface area contributed by atoms with Gasteiger partial charge in [0.05, 0.1) is 19.3 Å². The van der Waals surface area contributed by atoms with E-state index in [2.05, 4.69) is 6.08 Å². The average molecular weight is 182 g/mol. The number of hydrogen-bond acceptors (Lipinski definition) is 3. The summed E-state index contributed by atoms with van der Waals surface area (Å²) in [5, 5.41) is 8.94. The predicted octanol–water partition coefficient (Wildman–Crippen LogP) is 0.997. The summed E-state index contributed by atoms with van der Waals surface area (Å²) in [4.78, 5) is 0. The van der Waals surface area contributed by atoms with E-state index in [1.54, 1.807) is 0 Å². The van der Waals surface area contributed by atoms with E-state index in [4.69, 9.17) is 14.6 Å². The molecule has 1 heterocycles. The van der Waals surface area contributed by atoms with Gasteiger partial charge in [0, 0.05) is 0 Å². The highest BCUT2D eigenvalue weighted by Gasteiger charge is 2.25. The molecular formula is C10H14O3. The molecule has 1 saturated heterocycles. The minimum atomic E-state index is -0.235. The quantitative estimate of drug-likeness (QED) is 0.692. The first-order valence-electron chi connectivity index (χ1n) is 4.63. The molecular weight excluding hydrogens is 168 g/mol. The van der Waals surface area contributed by atoms with Crippen molar-refractivity contribution in [3.8, 4) is 0 Å². The van der Waals surface area contributed by atoms with E-state index >= 15 is 0 Å².